The van der Waals surface area contributed by atoms with Crippen LogP contribution >= 0.6 is 11.8 Å². The van der Waals surface area contributed by atoms with Crippen LogP contribution in [0.2, 0.25) is 0 Å². The number of aliphatic carboxylic acids is 1. The predicted octanol–water partition coefficient (Wildman–Crippen LogP) is 1.41. The highest BCUT2D eigenvalue weighted by atomic mass is 32.2. The summed E-state index contributed by atoms with van der Waals surface area (Å²) in [4.78, 5) is 31.4. The van der Waals surface area contributed by atoms with Crippen molar-refractivity contribution in [3.63, 3.8) is 0 Å². The molecule has 0 radical (unpaired) electrons. The number of likely N-dealkylation sites (tertiary alicyclic amines) is 2. The molecule has 3 saturated heterocycles. The van der Waals surface area contributed by atoms with E-state index in [1.54, 1.807) is 18.7 Å². The highest BCUT2D eigenvalue weighted by molar-refractivity contribution is 8.03. The fourth-order valence-corrected chi connectivity index (χ4v) is 6.98. The average Bonchev–Trinajstić information content (AvgIpc) is 3.35. The number of carboxylic acids is 1. The van der Waals surface area contributed by atoms with E-state index >= 15 is 0 Å². The van der Waals surface area contributed by atoms with Crippen molar-refractivity contribution in [1.29, 1.82) is 0 Å². The quantitative estimate of drug-likeness (QED) is 0.602. The summed E-state index contributed by atoms with van der Waals surface area (Å²) in [6.45, 7) is 12.7. The molecule has 0 unspecified atom stereocenters. The molecule has 0 aliphatic carbocycles. The molecular weight excluding hydrogens is 390 g/mol. The zero-order valence-corrected chi connectivity index (χ0v) is 18.0. The number of rotatable bonds is 7. The number of amides is 1. The van der Waals surface area contributed by atoms with E-state index in [1.807, 2.05) is 13.1 Å². The monoisotopic (exact) mass is 421 g/mol. The second-order valence-corrected chi connectivity index (χ2v) is 10.2. The second kappa shape index (κ2) is 7.96. The van der Waals surface area contributed by atoms with Gasteiger partial charge in [0.2, 0.25) is 5.91 Å². The topological polar surface area (TPSA) is 84.3 Å². The molecule has 3 fully saturated rings. The maximum absolute atomic E-state index is 12.5. The van der Waals surface area contributed by atoms with Gasteiger partial charge < -0.3 is 24.9 Å². The van der Waals surface area contributed by atoms with Gasteiger partial charge in [0.25, 0.3) is 0 Å². The first-order chi connectivity index (χ1) is 13.8. The van der Waals surface area contributed by atoms with Crippen molar-refractivity contribution in [3.05, 3.63) is 23.4 Å². The third-order valence-corrected chi connectivity index (χ3v) is 8.46. The lowest BCUT2D eigenvalue weighted by molar-refractivity contribution is -0.163. The van der Waals surface area contributed by atoms with Crippen molar-refractivity contribution in [2.24, 2.45) is 17.8 Å². The normalized spacial score (nSPS) is 35.8. The Bertz CT molecular complexity index is 739. The number of thioether (sulfide) groups is 1. The number of hydrogen-bond acceptors (Lipinski definition) is 6. The van der Waals surface area contributed by atoms with Gasteiger partial charge >= 0.3 is 5.97 Å². The third kappa shape index (κ3) is 3.59. The van der Waals surface area contributed by atoms with Crippen LogP contribution in [0.3, 0.4) is 0 Å². The molecule has 160 valence electrons. The number of β-lactam (4-membered cyclic amide) rings is 1. The Labute approximate surface area is 176 Å². The summed E-state index contributed by atoms with van der Waals surface area (Å²) < 4.78 is 0. The van der Waals surface area contributed by atoms with Gasteiger partial charge in [-0.3, -0.25) is 4.79 Å². The average molecular weight is 422 g/mol. The summed E-state index contributed by atoms with van der Waals surface area (Å²) >= 11 is 1.64. The Hall–Kier alpha value is -1.51. The van der Waals surface area contributed by atoms with Crippen molar-refractivity contribution in [2.45, 2.75) is 44.1 Å². The second-order valence-electron chi connectivity index (χ2n) is 8.89. The maximum Gasteiger partial charge on any atom is 0.353 e. The molecule has 1 amide bonds. The Kier molecular flexibility index (Phi) is 5.70. The van der Waals surface area contributed by atoms with Crippen molar-refractivity contribution < 1.29 is 19.8 Å². The number of hydrogen-bond donors (Lipinski definition) is 2. The van der Waals surface area contributed by atoms with Gasteiger partial charge in [-0.05, 0) is 38.4 Å². The number of carbonyl (C=O) groups excluding carboxylic acids is 1. The zero-order valence-electron chi connectivity index (χ0n) is 17.2. The first-order valence-electron chi connectivity index (χ1n) is 10.6. The molecule has 0 aromatic carbocycles. The van der Waals surface area contributed by atoms with Gasteiger partial charge in [0.15, 0.2) is 0 Å². The lowest BCUT2D eigenvalue weighted by Crippen LogP contribution is -2.63. The molecule has 0 bridgehead atoms. The van der Waals surface area contributed by atoms with Gasteiger partial charge in [-0.2, -0.15) is 0 Å². The van der Waals surface area contributed by atoms with E-state index in [2.05, 4.69) is 16.4 Å². The third-order valence-electron chi connectivity index (χ3n) is 6.93. The molecule has 2 N–H and O–H groups in total. The number of carbonyl (C=O) groups is 2. The van der Waals surface area contributed by atoms with E-state index < -0.39 is 18.0 Å². The van der Waals surface area contributed by atoms with Crippen LogP contribution in [0.4, 0.5) is 0 Å². The molecule has 4 rings (SSSR count). The number of fused-ring (bicyclic) bond motifs is 1. The Morgan fingerprint density at radius 1 is 1.34 bits per heavy atom. The van der Waals surface area contributed by atoms with Crippen molar-refractivity contribution >= 4 is 23.6 Å². The maximum atomic E-state index is 12.5. The Morgan fingerprint density at radius 2 is 2.10 bits per heavy atom. The largest absolute Gasteiger partial charge is 0.477 e. The summed E-state index contributed by atoms with van der Waals surface area (Å²) in [7, 11) is 0. The summed E-state index contributed by atoms with van der Waals surface area (Å²) in [6, 6.07) is -0.225. The van der Waals surface area contributed by atoms with Crippen LogP contribution in [-0.2, 0) is 9.59 Å². The van der Waals surface area contributed by atoms with Crippen LogP contribution in [0.1, 0.15) is 26.7 Å². The van der Waals surface area contributed by atoms with E-state index in [0.29, 0.717) is 11.2 Å². The fraction of sp³-hybridized carbons (Fsp3) is 0.714. The number of carboxylic acid groups (broad SMARTS) is 1. The van der Waals surface area contributed by atoms with Gasteiger partial charge in [-0.15, -0.1) is 11.8 Å². The van der Waals surface area contributed by atoms with E-state index in [0.717, 1.165) is 44.0 Å². The molecule has 0 aromatic heterocycles. The molecule has 0 saturated carbocycles. The molecule has 4 heterocycles. The zero-order chi connectivity index (χ0) is 20.9. The summed E-state index contributed by atoms with van der Waals surface area (Å²) in [6.07, 6.45) is 3.40. The summed E-state index contributed by atoms with van der Waals surface area (Å²) in [5.41, 5.74) is 0.144. The minimum atomic E-state index is -1.04. The molecule has 6 atom stereocenters. The predicted molar refractivity (Wildman–Crippen MR) is 112 cm³/mol. The molecule has 29 heavy (non-hydrogen) atoms. The molecule has 4 aliphatic heterocycles. The molecule has 0 aromatic rings. The van der Waals surface area contributed by atoms with Crippen LogP contribution in [-0.4, -0.2) is 86.9 Å². The standard InChI is InChI=1S/C21H31N3O4S/c1-4-22-7-5-14(9-22)10-23-8-6-15(11-23)29-19-12(2)17-16(13(3)25)20(26)24(17)18(19)21(27)28/h4,12-17,25H,1,5-11H2,2-3H3,(H,27,28)/t12-,13-,14+,15-,16-,17-/m1/s1. The van der Waals surface area contributed by atoms with Crippen molar-refractivity contribution in [2.75, 3.05) is 32.7 Å². The van der Waals surface area contributed by atoms with E-state index in [9.17, 15) is 19.8 Å². The number of aliphatic hydroxyl groups excluding tert-OH is 1. The van der Waals surface area contributed by atoms with Crippen LogP contribution in [0, 0.1) is 17.8 Å². The van der Waals surface area contributed by atoms with E-state index in [-0.39, 0.29) is 23.6 Å². The van der Waals surface area contributed by atoms with Gasteiger partial charge in [-0.25, -0.2) is 4.79 Å². The van der Waals surface area contributed by atoms with E-state index in [1.165, 1.54) is 11.3 Å². The van der Waals surface area contributed by atoms with Crippen LogP contribution in [0.5, 0.6) is 0 Å². The Morgan fingerprint density at radius 3 is 2.72 bits per heavy atom. The van der Waals surface area contributed by atoms with Crippen LogP contribution in [0.25, 0.3) is 0 Å². The van der Waals surface area contributed by atoms with Crippen molar-refractivity contribution in [1.82, 2.24) is 14.7 Å². The smallest absolute Gasteiger partial charge is 0.353 e. The highest BCUT2D eigenvalue weighted by Gasteiger charge is 2.60. The summed E-state index contributed by atoms with van der Waals surface area (Å²) in [5.74, 6) is -1.17. The lowest BCUT2D eigenvalue weighted by Gasteiger charge is -2.46. The van der Waals surface area contributed by atoms with Crippen LogP contribution < -0.4 is 0 Å². The minimum Gasteiger partial charge on any atom is -0.477 e. The Balaban J connectivity index is 1.41. The number of nitrogens with zero attached hydrogens (tertiary/aromatic N) is 3. The lowest BCUT2D eigenvalue weighted by atomic mass is 9.79. The molecule has 4 aliphatic rings. The molecule has 0 spiro atoms. The summed E-state index contributed by atoms with van der Waals surface area (Å²) in [5, 5.41) is 20.1. The first-order valence-corrected chi connectivity index (χ1v) is 11.4. The SMILES string of the molecule is C=CN1CC[C@H](CN2CC[C@@H](SC3=C(C(=O)O)N4C(=O)[C@H]([C@@H](C)O)[C@H]4[C@H]3C)C2)C1. The molecule has 8 heteroatoms. The van der Waals surface area contributed by atoms with Gasteiger partial charge in [0.1, 0.15) is 5.70 Å². The molecule has 7 nitrogen and oxygen atoms in total. The van der Waals surface area contributed by atoms with E-state index in [4.69, 9.17) is 0 Å². The minimum absolute atomic E-state index is 0.0477. The van der Waals surface area contributed by atoms with Crippen LogP contribution in [0.15, 0.2) is 23.4 Å². The van der Waals surface area contributed by atoms with Gasteiger partial charge in [0, 0.05) is 42.3 Å². The van der Waals surface area contributed by atoms with Gasteiger partial charge in [0.05, 0.1) is 18.1 Å². The molecular formula is C21H31N3O4S. The number of aliphatic hydroxyl groups is 1. The van der Waals surface area contributed by atoms with Crippen molar-refractivity contribution in [3.8, 4) is 0 Å². The van der Waals surface area contributed by atoms with Gasteiger partial charge in [-0.1, -0.05) is 13.5 Å². The first kappa shape index (κ1) is 20.8. The fourth-order valence-electron chi connectivity index (χ4n) is 5.46. The highest BCUT2D eigenvalue weighted by Crippen LogP contribution is 2.51.